The monoisotopic (exact) mass is 704 g/mol. The topological polar surface area (TPSA) is 114 Å². The van der Waals surface area contributed by atoms with Gasteiger partial charge in [-0.1, -0.05) is 91.5 Å². The van der Waals surface area contributed by atoms with Crippen LogP contribution in [0, 0.1) is 6.92 Å². The normalized spacial score (nSPS) is 14.0. The fourth-order valence-electron chi connectivity index (χ4n) is 6.56. The molecule has 1 fully saturated rings. The highest BCUT2D eigenvalue weighted by Gasteiger charge is 2.22. The van der Waals surface area contributed by atoms with Gasteiger partial charge in [0.05, 0.1) is 36.4 Å². The summed E-state index contributed by atoms with van der Waals surface area (Å²) in [5, 5.41) is 13.0. The Morgan fingerprint density at radius 1 is 0.941 bits per heavy atom. The second-order valence-electron chi connectivity index (χ2n) is 13.0. The summed E-state index contributed by atoms with van der Waals surface area (Å²) in [6.07, 6.45) is 2.31. The maximum absolute atomic E-state index is 14.0. The van der Waals surface area contributed by atoms with Crippen molar-refractivity contribution in [3.63, 3.8) is 0 Å². The average Bonchev–Trinajstić information content (AvgIpc) is 3.48. The molecule has 1 amide bonds. The van der Waals surface area contributed by atoms with Crippen molar-refractivity contribution in [2.75, 3.05) is 38.6 Å². The minimum Gasteiger partial charge on any atom is -0.478 e. The molecule has 1 atom stereocenters. The van der Waals surface area contributed by atoms with Crippen LogP contribution in [0.4, 0.5) is 0 Å². The summed E-state index contributed by atoms with van der Waals surface area (Å²) in [6.45, 7) is 7.83. The molecule has 0 saturated carbocycles. The minimum absolute atomic E-state index is 0.0907. The molecule has 0 aliphatic carbocycles. The summed E-state index contributed by atoms with van der Waals surface area (Å²) in [7, 11) is 0. The fraction of sp³-hybridized carbons (Fsp3) is 0.317. The number of hydrogen-bond acceptors (Lipinski definition) is 7. The molecule has 1 aromatic heterocycles. The van der Waals surface area contributed by atoms with Crippen molar-refractivity contribution in [1.29, 1.82) is 0 Å². The number of benzene rings is 4. The van der Waals surface area contributed by atoms with Crippen LogP contribution in [0.3, 0.4) is 0 Å². The Morgan fingerprint density at radius 3 is 2.39 bits per heavy atom. The Balaban J connectivity index is 1.23. The quantitative estimate of drug-likeness (QED) is 0.132. The second kappa shape index (κ2) is 17.0. The standard InChI is InChI=1S/C41H44N4O5S/c1-3-9-37-43-39-28(2)22-32(24-36(39)45(37)25-30-14-16-31(17-15-30)34-12-7-8-13-35(34)41(48)49)40(47)42-33(23-29-10-5-4-6-11-29)27-51-38(46)26-44-18-20-50-21-19-44/h4-8,10-17,22,24,33H,3,9,18-21,23,25-27H2,1-2H3,(H,42,47)(H,48,49)/t33-/m1/s1. The van der Waals surface area contributed by atoms with Crippen LogP contribution in [0.2, 0.25) is 0 Å². The molecule has 6 rings (SSSR count). The van der Waals surface area contributed by atoms with Gasteiger partial charge in [-0.15, -0.1) is 0 Å². The van der Waals surface area contributed by atoms with Crippen molar-refractivity contribution in [3.05, 3.63) is 125 Å². The van der Waals surface area contributed by atoms with Gasteiger partial charge in [0, 0.05) is 43.4 Å². The van der Waals surface area contributed by atoms with E-state index in [-0.39, 0.29) is 22.6 Å². The smallest absolute Gasteiger partial charge is 0.336 e. The van der Waals surface area contributed by atoms with E-state index in [9.17, 15) is 19.5 Å². The number of ether oxygens (including phenoxy) is 1. The minimum atomic E-state index is -0.957. The summed E-state index contributed by atoms with van der Waals surface area (Å²) >= 11 is 1.28. The number of amides is 1. The Bertz CT molecular complexity index is 1990. The third-order valence-electron chi connectivity index (χ3n) is 9.18. The van der Waals surface area contributed by atoms with Gasteiger partial charge in [0.15, 0.2) is 0 Å². The number of thioether (sulfide) groups is 1. The Hall–Kier alpha value is -4.77. The van der Waals surface area contributed by atoms with Gasteiger partial charge in [-0.25, -0.2) is 9.78 Å². The molecule has 9 nitrogen and oxygen atoms in total. The summed E-state index contributed by atoms with van der Waals surface area (Å²) in [6, 6.07) is 28.6. The number of aryl methyl sites for hydroxylation is 2. The maximum Gasteiger partial charge on any atom is 0.336 e. The van der Waals surface area contributed by atoms with Crippen molar-refractivity contribution in [2.24, 2.45) is 0 Å². The predicted octanol–water partition coefficient (Wildman–Crippen LogP) is 6.64. The third-order valence-corrected chi connectivity index (χ3v) is 10.2. The zero-order valence-corrected chi connectivity index (χ0v) is 30.0. The van der Waals surface area contributed by atoms with Crippen LogP contribution < -0.4 is 5.32 Å². The lowest BCUT2D eigenvalue weighted by atomic mass is 9.98. The van der Waals surface area contributed by atoms with E-state index in [1.807, 2.05) is 85.8 Å². The number of imidazole rings is 1. The molecule has 0 radical (unpaired) electrons. The molecule has 2 N–H and O–H groups in total. The highest BCUT2D eigenvalue weighted by Crippen LogP contribution is 2.27. The number of carboxylic acid groups (broad SMARTS) is 1. The summed E-state index contributed by atoms with van der Waals surface area (Å²) < 4.78 is 7.60. The van der Waals surface area contributed by atoms with E-state index in [1.54, 1.807) is 12.1 Å². The number of fused-ring (bicyclic) bond motifs is 1. The van der Waals surface area contributed by atoms with E-state index in [4.69, 9.17) is 9.72 Å². The fourth-order valence-corrected chi connectivity index (χ4v) is 7.42. The van der Waals surface area contributed by atoms with Gasteiger partial charge in [-0.3, -0.25) is 14.5 Å². The van der Waals surface area contributed by atoms with Gasteiger partial charge >= 0.3 is 5.97 Å². The highest BCUT2D eigenvalue weighted by molar-refractivity contribution is 8.13. The predicted molar refractivity (Wildman–Crippen MR) is 203 cm³/mol. The van der Waals surface area contributed by atoms with Gasteiger partial charge < -0.3 is 19.7 Å². The highest BCUT2D eigenvalue weighted by atomic mass is 32.2. The zero-order chi connectivity index (χ0) is 35.7. The third kappa shape index (κ3) is 9.13. The summed E-state index contributed by atoms with van der Waals surface area (Å²) in [4.78, 5) is 45.8. The molecular formula is C41H44N4O5S. The first-order valence-electron chi connectivity index (χ1n) is 17.5. The molecule has 2 heterocycles. The molecule has 1 saturated heterocycles. The van der Waals surface area contributed by atoms with Crippen LogP contribution in [-0.2, 0) is 28.9 Å². The number of morpholine rings is 1. The summed E-state index contributed by atoms with van der Waals surface area (Å²) in [5.74, 6) is 0.275. The van der Waals surface area contributed by atoms with Crippen LogP contribution in [0.1, 0.15) is 56.6 Å². The number of carbonyl (C=O) groups excluding carboxylic acids is 2. The molecule has 51 heavy (non-hydrogen) atoms. The SMILES string of the molecule is CCCc1nc2c(C)cc(C(=O)N[C@@H](CSC(=O)CN3CCOCC3)Cc3ccccc3)cc2n1Cc1ccc(-c2ccccc2C(=O)O)cc1. The Labute approximate surface area is 303 Å². The molecule has 4 aromatic carbocycles. The van der Waals surface area contributed by atoms with Gasteiger partial charge in [0.1, 0.15) is 5.82 Å². The maximum atomic E-state index is 14.0. The van der Waals surface area contributed by atoms with Crippen molar-refractivity contribution in [2.45, 2.75) is 45.7 Å². The number of aromatic carboxylic acids is 1. The lowest BCUT2D eigenvalue weighted by molar-refractivity contribution is -0.113. The zero-order valence-electron chi connectivity index (χ0n) is 29.1. The van der Waals surface area contributed by atoms with Crippen molar-refractivity contribution >= 4 is 39.8 Å². The van der Waals surface area contributed by atoms with Crippen LogP contribution in [0.15, 0.2) is 91.0 Å². The van der Waals surface area contributed by atoms with Crippen LogP contribution in [0.5, 0.6) is 0 Å². The van der Waals surface area contributed by atoms with Crippen molar-refractivity contribution < 1.29 is 24.2 Å². The van der Waals surface area contributed by atoms with Gasteiger partial charge in [-0.05, 0) is 65.8 Å². The van der Waals surface area contributed by atoms with E-state index < -0.39 is 5.97 Å². The Morgan fingerprint density at radius 2 is 1.67 bits per heavy atom. The Kier molecular flexibility index (Phi) is 12.0. The van der Waals surface area contributed by atoms with Crippen LogP contribution in [-0.4, -0.2) is 81.2 Å². The van der Waals surface area contributed by atoms with E-state index in [0.717, 1.165) is 65.0 Å². The molecule has 10 heteroatoms. The van der Waals surface area contributed by atoms with E-state index in [1.165, 1.54) is 11.8 Å². The first-order chi connectivity index (χ1) is 24.8. The largest absolute Gasteiger partial charge is 0.478 e. The first-order valence-corrected chi connectivity index (χ1v) is 18.5. The number of aromatic nitrogens is 2. The van der Waals surface area contributed by atoms with E-state index >= 15 is 0 Å². The van der Waals surface area contributed by atoms with Gasteiger partial charge in [-0.2, -0.15) is 0 Å². The molecular weight excluding hydrogens is 661 g/mol. The van der Waals surface area contributed by atoms with Crippen molar-refractivity contribution in [1.82, 2.24) is 19.8 Å². The molecule has 1 aliphatic rings. The van der Waals surface area contributed by atoms with Crippen molar-refractivity contribution in [3.8, 4) is 11.1 Å². The van der Waals surface area contributed by atoms with Gasteiger partial charge in [0.25, 0.3) is 5.91 Å². The molecule has 0 spiro atoms. The van der Waals surface area contributed by atoms with Crippen LogP contribution >= 0.6 is 11.8 Å². The molecule has 5 aromatic rings. The number of nitrogens with zero attached hydrogens (tertiary/aromatic N) is 3. The number of hydrogen-bond donors (Lipinski definition) is 2. The number of rotatable bonds is 14. The second-order valence-corrected chi connectivity index (χ2v) is 14.1. The number of carboxylic acids is 1. The lowest BCUT2D eigenvalue weighted by Gasteiger charge is -2.26. The van der Waals surface area contributed by atoms with E-state index in [2.05, 4.69) is 21.7 Å². The summed E-state index contributed by atoms with van der Waals surface area (Å²) in [5.41, 5.74) is 7.13. The molecule has 0 bridgehead atoms. The van der Waals surface area contributed by atoms with Gasteiger partial charge in [0.2, 0.25) is 5.12 Å². The first kappa shape index (κ1) is 36.0. The van der Waals surface area contributed by atoms with Crippen LogP contribution in [0.25, 0.3) is 22.2 Å². The number of nitrogens with one attached hydrogen (secondary N) is 1. The lowest BCUT2D eigenvalue weighted by Crippen LogP contribution is -2.40. The molecule has 264 valence electrons. The average molecular weight is 705 g/mol. The molecule has 1 aliphatic heterocycles. The molecule has 0 unspecified atom stereocenters. The number of carbonyl (C=O) groups is 3. The van der Waals surface area contributed by atoms with E-state index in [0.29, 0.717) is 49.6 Å².